The third-order valence-electron chi connectivity index (χ3n) is 4.78. The Hall–Kier alpha value is -2.54. The van der Waals surface area contributed by atoms with Crippen LogP contribution in [0.5, 0.6) is 0 Å². The minimum Gasteiger partial charge on any atom is -0.298 e. The van der Waals surface area contributed by atoms with E-state index in [2.05, 4.69) is 20.1 Å². The van der Waals surface area contributed by atoms with E-state index in [0.29, 0.717) is 11.9 Å². The van der Waals surface area contributed by atoms with Crippen molar-refractivity contribution in [2.24, 2.45) is 7.05 Å². The lowest BCUT2D eigenvalue weighted by Gasteiger charge is -2.34. The van der Waals surface area contributed by atoms with Gasteiger partial charge in [-0.05, 0) is 31.5 Å². The van der Waals surface area contributed by atoms with Crippen LogP contribution in [0.2, 0.25) is 0 Å². The smallest absolute Gasteiger partial charge is 0.261 e. The van der Waals surface area contributed by atoms with E-state index in [-0.39, 0.29) is 11.6 Å². The summed E-state index contributed by atoms with van der Waals surface area (Å²) in [6, 6.07) is 7.70. The van der Waals surface area contributed by atoms with Crippen molar-refractivity contribution in [1.82, 2.24) is 29.6 Å². The molecule has 1 aliphatic heterocycles. The quantitative estimate of drug-likeness (QED) is 0.794. The molecule has 0 radical (unpaired) electrons. The van der Waals surface area contributed by atoms with Crippen molar-refractivity contribution in [2.75, 3.05) is 6.54 Å². The summed E-state index contributed by atoms with van der Waals surface area (Å²) < 4.78 is 1.66. The van der Waals surface area contributed by atoms with E-state index in [9.17, 15) is 4.79 Å². The Labute approximate surface area is 139 Å². The Balaban J connectivity index is 1.70. The van der Waals surface area contributed by atoms with Gasteiger partial charge in [0.1, 0.15) is 18.0 Å². The van der Waals surface area contributed by atoms with Crippen LogP contribution in [0.25, 0.3) is 10.9 Å². The van der Waals surface area contributed by atoms with Crippen LogP contribution in [0.4, 0.5) is 0 Å². The number of para-hydroxylation sites is 1. The highest BCUT2D eigenvalue weighted by Gasteiger charge is 2.27. The van der Waals surface area contributed by atoms with Crippen LogP contribution in [-0.4, -0.2) is 36.2 Å². The lowest BCUT2D eigenvalue weighted by molar-refractivity contribution is 0.129. The van der Waals surface area contributed by atoms with Crippen LogP contribution in [0.1, 0.15) is 37.0 Å². The summed E-state index contributed by atoms with van der Waals surface area (Å²) in [7, 11) is 1.80. The highest BCUT2D eigenvalue weighted by atomic mass is 16.1. The van der Waals surface area contributed by atoms with Crippen LogP contribution >= 0.6 is 0 Å². The monoisotopic (exact) mass is 324 g/mol. The first kappa shape index (κ1) is 15.0. The zero-order valence-electron chi connectivity index (χ0n) is 13.6. The minimum absolute atomic E-state index is 0.00354. The van der Waals surface area contributed by atoms with Gasteiger partial charge in [0, 0.05) is 7.05 Å². The second kappa shape index (κ2) is 6.16. The second-order valence-corrected chi connectivity index (χ2v) is 6.26. The van der Waals surface area contributed by atoms with Crippen molar-refractivity contribution in [2.45, 2.75) is 31.8 Å². The van der Waals surface area contributed by atoms with Crippen molar-refractivity contribution in [1.29, 1.82) is 0 Å². The first-order chi connectivity index (χ1) is 11.7. The summed E-state index contributed by atoms with van der Waals surface area (Å²) in [5.41, 5.74) is 0.757. The fourth-order valence-electron chi connectivity index (χ4n) is 3.45. The van der Waals surface area contributed by atoms with Gasteiger partial charge >= 0.3 is 0 Å². The molecule has 3 heterocycles. The van der Waals surface area contributed by atoms with E-state index >= 15 is 0 Å². The van der Waals surface area contributed by atoms with E-state index in [1.54, 1.807) is 17.9 Å². The normalized spacial score (nSPS) is 19.0. The van der Waals surface area contributed by atoms with Crippen LogP contribution in [0, 0.1) is 0 Å². The minimum atomic E-state index is 0.00354. The number of H-pyrrole nitrogens is 1. The van der Waals surface area contributed by atoms with Crippen molar-refractivity contribution in [3.05, 3.63) is 52.6 Å². The molecule has 3 aromatic rings. The molecule has 0 aliphatic carbocycles. The molecule has 0 saturated carbocycles. The number of aromatic nitrogens is 5. The Bertz CT molecular complexity index is 901. The van der Waals surface area contributed by atoms with Gasteiger partial charge in [-0.2, -0.15) is 5.10 Å². The van der Waals surface area contributed by atoms with Gasteiger partial charge in [0.15, 0.2) is 0 Å². The predicted octanol–water partition coefficient (Wildman–Crippen LogP) is 1.78. The average Bonchev–Trinajstić information content (AvgIpc) is 3.14. The molecule has 4 rings (SSSR count). The maximum Gasteiger partial charge on any atom is 0.261 e. The van der Waals surface area contributed by atoms with E-state index < -0.39 is 0 Å². The molecular weight excluding hydrogens is 304 g/mol. The molecule has 0 spiro atoms. The standard InChI is InChI=1S/C17H20N6O/c1-22-15(20-13-7-3-2-6-12(13)17(22)24)10-23-9-5-4-8-14(23)16-18-11-19-21-16/h2-3,6-7,11,14H,4-5,8-10H2,1H3,(H,18,19,21). The molecule has 0 amide bonds. The van der Waals surface area contributed by atoms with E-state index in [1.165, 1.54) is 6.42 Å². The van der Waals surface area contributed by atoms with Gasteiger partial charge in [-0.25, -0.2) is 9.97 Å². The molecule has 7 nitrogen and oxygen atoms in total. The van der Waals surface area contributed by atoms with Crippen LogP contribution in [0.15, 0.2) is 35.4 Å². The van der Waals surface area contributed by atoms with Gasteiger partial charge in [-0.1, -0.05) is 18.6 Å². The van der Waals surface area contributed by atoms with Crippen LogP contribution < -0.4 is 5.56 Å². The molecule has 1 fully saturated rings. The number of fused-ring (bicyclic) bond motifs is 1. The van der Waals surface area contributed by atoms with Crippen molar-refractivity contribution >= 4 is 10.9 Å². The summed E-state index contributed by atoms with van der Waals surface area (Å²) in [5, 5.41) is 7.63. The van der Waals surface area contributed by atoms with Gasteiger partial charge in [-0.3, -0.25) is 19.4 Å². The topological polar surface area (TPSA) is 79.7 Å². The Kier molecular flexibility index (Phi) is 3.86. The zero-order valence-corrected chi connectivity index (χ0v) is 13.6. The number of hydrogen-bond acceptors (Lipinski definition) is 5. The number of hydrogen-bond donors (Lipinski definition) is 1. The molecule has 2 aromatic heterocycles. The Morgan fingerprint density at radius 2 is 2.17 bits per heavy atom. The summed E-state index contributed by atoms with van der Waals surface area (Å²) in [6.45, 7) is 1.59. The average molecular weight is 324 g/mol. The molecule has 24 heavy (non-hydrogen) atoms. The maximum atomic E-state index is 12.6. The highest BCUT2D eigenvalue weighted by Crippen LogP contribution is 2.29. The van der Waals surface area contributed by atoms with E-state index in [0.717, 1.165) is 36.6 Å². The lowest BCUT2D eigenvalue weighted by atomic mass is 10.0. The summed E-state index contributed by atoms with van der Waals surface area (Å²) in [6.07, 6.45) is 4.90. The van der Waals surface area contributed by atoms with Gasteiger partial charge in [0.25, 0.3) is 5.56 Å². The molecule has 1 N–H and O–H groups in total. The maximum absolute atomic E-state index is 12.6. The molecule has 1 unspecified atom stereocenters. The molecule has 1 atom stereocenters. The third-order valence-corrected chi connectivity index (χ3v) is 4.78. The molecule has 124 valence electrons. The van der Waals surface area contributed by atoms with Crippen molar-refractivity contribution in [3.63, 3.8) is 0 Å². The largest absolute Gasteiger partial charge is 0.298 e. The number of rotatable bonds is 3. The molecule has 1 aliphatic rings. The van der Waals surface area contributed by atoms with Crippen LogP contribution in [0.3, 0.4) is 0 Å². The fraction of sp³-hybridized carbons (Fsp3) is 0.412. The third kappa shape index (κ3) is 2.60. The van der Waals surface area contributed by atoms with Gasteiger partial charge < -0.3 is 0 Å². The van der Waals surface area contributed by atoms with Gasteiger partial charge in [0.2, 0.25) is 0 Å². The van der Waals surface area contributed by atoms with Crippen molar-refractivity contribution < 1.29 is 0 Å². The van der Waals surface area contributed by atoms with Crippen LogP contribution in [-0.2, 0) is 13.6 Å². The lowest BCUT2D eigenvalue weighted by Crippen LogP contribution is -2.36. The number of piperidine rings is 1. The molecule has 0 bridgehead atoms. The number of aromatic amines is 1. The number of benzene rings is 1. The predicted molar refractivity (Wildman–Crippen MR) is 90.4 cm³/mol. The van der Waals surface area contributed by atoms with Crippen molar-refractivity contribution in [3.8, 4) is 0 Å². The van der Waals surface area contributed by atoms with E-state index in [1.807, 2.05) is 24.3 Å². The zero-order chi connectivity index (χ0) is 16.5. The first-order valence-corrected chi connectivity index (χ1v) is 8.28. The SMILES string of the molecule is Cn1c(CN2CCCCC2c2ncn[nH]2)nc2ccccc2c1=O. The highest BCUT2D eigenvalue weighted by molar-refractivity contribution is 5.77. The van der Waals surface area contributed by atoms with Gasteiger partial charge in [-0.15, -0.1) is 0 Å². The van der Waals surface area contributed by atoms with Gasteiger partial charge in [0.05, 0.1) is 23.5 Å². The number of nitrogens with one attached hydrogen (secondary N) is 1. The second-order valence-electron chi connectivity index (χ2n) is 6.26. The number of likely N-dealkylation sites (tertiary alicyclic amines) is 1. The molecule has 1 saturated heterocycles. The first-order valence-electron chi connectivity index (χ1n) is 8.28. The Morgan fingerprint density at radius 3 is 3.00 bits per heavy atom. The Morgan fingerprint density at radius 1 is 1.29 bits per heavy atom. The summed E-state index contributed by atoms with van der Waals surface area (Å²) >= 11 is 0. The number of nitrogens with zero attached hydrogens (tertiary/aromatic N) is 5. The summed E-state index contributed by atoms with van der Waals surface area (Å²) in [4.78, 5) is 24.0. The fourth-order valence-corrected chi connectivity index (χ4v) is 3.45. The molecular formula is C17H20N6O. The molecule has 7 heteroatoms. The summed E-state index contributed by atoms with van der Waals surface area (Å²) in [5.74, 6) is 1.67. The van der Waals surface area contributed by atoms with E-state index in [4.69, 9.17) is 4.98 Å². The molecule has 1 aromatic carbocycles.